The lowest BCUT2D eigenvalue weighted by atomic mass is 9.90. The number of ether oxygens (including phenoxy) is 1. The Morgan fingerprint density at radius 3 is 2.78 bits per heavy atom. The molecule has 0 atom stereocenters. The molecule has 18 heavy (non-hydrogen) atoms. The molecule has 2 rings (SSSR count). The number of hydrogen-bond donors (Lipinski definition) is 1. The van der Waals surface area contributed by atoms with Crippen molar-refractivity contribution in [2.45, 2.75) is 39.0 Å². The van der Waals surface area contributed by atoms with E-state index < -0.39 is 5.97 Å². The van der Waals surface area contributed by atoms with Crippen LogP contribution >= 0.6 is 0 Å². The lowest BCUT2D eigenvalue weighted by Gasteiger charge is -2.21. The molecule has 0 unspecified atom stereocenters. The minimum Gasteiger partial charge on any atom is -0.477 e. The maximum atomic E-state index is 11.0. The molecule has 0 amide bonds. The molecular weight excluding hydrogens is 230 g/mol. The Kier molecular flexibility index (Phi) is 4.18. The predicted molar refractivity (Wildman–Crippen MR) is 68.0 cm³/mol. The smallest absolute Gasteiger partial charge is 0.354 e. The van der Waals surface area contributed by atoms with E-state index in [0.717, 1.165) is 0 Å². The van der Waals surface area contributed by atoms with Crippen molar-refractivity contribution in [2.24, 2.45) is 5.92 Å². The fraction of sp³-hybridized carbons (Fsp3) is 0.571. The first-order valence-electron chi connectivity index (χ1n) is 6.50. The molecular formula is C14H19NO3. The Labute approximate surface area is 107 Å². The second-order valence-electron chi connectivity index (χ2n) is 4.94. The largest absolute Gasteiger partial charge is 0.477 e. The molecule has 1 aromatic heterocycles. The molecule has 1 aliphatic carbocycles. The summed E-state index contributed by atoms with van der Waals surface area (Å²) >= 11 is 0. The van der Waals surface area contributed by atoms with Crippen LogP contribution in [0.3, 0.4) is 0 Å². The molecule has 0 radical (unpaired) electrons. The lowest BCUT2D eigenvalue weighted by Crippen LogP contribution is -2.16. The van der Waals surface area contributed by atoms with Crippen LogP contribution in [-0.4, -0.2) is 22.7 Å². The van der Waals surface area contributed by atoms with Crippen molar-refractivity contribution in [3.05, 3.63) is 23.4 Å². The number of carboxylic acid groups (broad SMARTS) is 1. The highest BCUT2D eigenvalue weighted by Crippen LogP contribution is 2.24. The molecule has 1 saturated carbocycles. The van der Waals surface area contributed by atoms with Crippen LogP contribution < -0.4 is 4.74 Å². The van der Waals surface area contributed by atoms with E-state index in [1.54, 1.807) is 19.1 Å². The van der Waals surface area contributed by atoms with Gasteiger partial charge in [-0.3, -0.25) is 0 Å². The summed E-state index contributed by atoms with van der Waals surface area (Å²) in [6.45, 7) is 2.39. The Morgan fingerprint density at radius 1 is 1.39 bits per heavy atom. The van der Waals surface area contributed by atoms with Gasteiger partial charge in [-0.15, -0.1) is 0 Å². The normalized spacial score (nSPS) is 16.5. The average Bonchev–Trinajstić information content (AvgIpc) is 2.38. The van der Waals surface area contributed by atoms with Crippen LogP contribution in [0.1, 0.15) is 48.2 Å². The van der Waals surface area contributed by atoms with Crippen LogP contribution in [0.2, 0.25) is 0 Å². The molecule has 1 aliphatic rings. The van der Waals surface area contributed by atoms with Gasteiger partial charge in [-0.05, 0) is 31.2 Å². The Balaban J connectivity index is 1.96. The molecule has 0 aromatic carbocycles. The summed E-state index contributed by atoms with van der Waals surface area (Å²) in [4.78, 5) is 15.0. The van der Waals surface area contributed by atoms with E-state index >= 15 is 0 Å². The standard InChI is InChI=1S/C14H19NO3/c1-10-7-8-12(15-13(10)14(16)17)18-9-11-5-3-2-4-6-11/h7-8,11H,2-6,9H2,1H3,(H,16,17). The quantitative estimate of drug-likeness (QED) is 0.891. The van der Waals surface area contributed by atoms with E-state index in [0.29, 0.717) is 24.0 Å². The van der Waals surface area contributed by atoms with E-state index in [-0.39, 0.29) is 5.69 Å². The highest BCUT2D eigenvalue weighted by molar-refractivity contribution is 5.87. The van der Waals surface area contributed by atoms with E-state index in [1.807, 2.05) is 0 Å². The van der Waals surface area contributed by atoms with Gasteiger partial charge in [-0.2, -0.15) is 0 Å². The van der Waals surface area contributed by atoms with Crippen LogP contribution in [0, 0.1) is 12.8 Å². The van der Waals surface area contributed by atoms with E-state index in [2.05, 4.69) is 4.98 Å². The monoisotopic (exact) mass is 249 g/mol. The Morgan fingerprint density at radius 2 is 2.11 bits per heavy atom. The highest BCUT2D eigenvalue weighted by Gasteiger charge is 2.15. The van der Waals surface area contributed by atoms with Crippen molar-refractivity contribution in [2.75, 3.05) is 6.61 Å². The number of carbonyl (C=O) groups is 1. The Hall–Kier alpha value is -1.58. The topological polar surface area (TPSA) is 59.4 Å². The minimum atomic E-state index is -1.00. The molecule has 0 bridgehead atoms. The second-order valence-corrected chi connectivity index (χ2v) is 4.94. The first-order valence-corrected chi connectivity index (χ1v) is 6.50. The number of rotatable bonds is 4. The van der Waals surface area contributed by atoms with Crippen molar-refractivity contribution in [3.63, 3.8) is 0 Å². The zero-order chi connectivity index (χ0) is 13.0. The molecule has 98 valence electrons. The van der Waals surface area contributed by atoms with E-state index in [4.69, 9.17) is 9.84 Å². The maximum absolute atomic E-state index is 11.0. The molecule has 1 fully saturated rings. The molecule has 1 aromatic rings. The summed E-state index contributed by atoms with van der Waals surface area (Å²) in [6.07, 6.45) is 6.28. The number of aryl methyl sites for hydroxylation is 1. The molecule has 1 heterocycles. The number of aromatic carboxylic acids is 1. The first-order chi connectivity index (χ1) is 8.66. The summed E-state index contributed by atoms with van der Waals surface area (Å²) < 4.78 is 5.62. The zero-order valence-electron chi connectivity index (χ0n) is 10.7. The molecule has 4 nitrogen and oxygen atoms in total. The third kappa shape index (κ3) is 3.22. The van der Waals surface area contributed by atoms with Gasteiger partial charge in [0.25, 0.3) is 0 Å². The van der Waals surface area contributed by atoms with Gasteiger partial charge in [0.15, 0.2) is 5.69 Å². The lowest BCUT2D eigenvalue weighted by molar-refractivity contribution is 0.0688. The first kappa shape index (κ1) is 12.9. The maximum Gasteiger partial charge on any atom is 0.354 e. The summed E-state index contributed by atoms with van der Waals surface area (Å²) in [5.41, 5.74) is 0.740. The highest BCUT2D eigenvalue weighted by atomic mass is 16.5. The second kappa shape index (κ2) is 5.85. The predicted octanol–water partition coefficient (Wildman–Crippen LogP) is 3.05. The van der Waals surface area contributed by atoms with Crippen molar-refractivity contribution < 1.29 is 14.6 Å². The van der Waals surface area contributed by atoms with Gasteiger partial charge >= 0.3 is 5.97 Å². The van der Waals surface area contributed by atoms with Crippen LogP contribution in [0.4, 0.5) is 0 Å². The van der Waals surface area contributed by atoms with Crippen LogP contribution in [-0.2, 0) is 0 Å². The summed E-state index contributed by atoms with van der Waals surface area (Å²) in [5, 5.41) is 8.99. The molecule has 0 aliphatic heterocycles. The summed E-state index contributed by atoms with van der Waals surface area (Å²) in [5.74, 6) is 0.00863. The van der Waals surface area contributed by atoms with Crippen molar-refractivity contribution in [3.8, 4) is 5.88 Å². The van der Waals surface area contributed by atoms with E-state index in [9.17, 15) is 4.79 Å². The Bertz CT molecular complexity index is 425. The van der Waals surface area contributed by atoms with Gasteiger partial charge < -0.3 is 9.84 Å². The molecule has 1 N–H and O–H groups in total. The van der Waals surface area contributed by atoms with Crippen molar-refractivity contribution >= 4 is 5.97 Å². The fourth-order valence-corrected chi connectivity index (χ4v) is 2.36. The van der Waals surface area contributed by atoms with Crippen molar-refractivity contribution in [1.82, 2.24) is 4.98 Å². The number of pyridine rings is 1. The number of nitrogens with zero attached hydrogens (tertiary/aromatic N) is 1. The minimum absolute atomic E-state index is 0.0798. The third-order valence-electron chi connectivity index (χ3n) is 3.47. The summed E-state index contributed by atoms with van der Waals surface area (Å²) in [6, 6.07) is 3.48. The fourth-order valence-electron chi connectivity index (χ4n) is 2.36. The SMILES string of the molecule is Cc1ccc(OCC2CCCCC2)nc1C(=O)O. The van der Waals surface area contributed by atoms with Crippen LogP contribution in [0.5, 0.6) is 5.88 Å². The zero-order valence-corrected chi connectivity index (χ0v) is 10.7. The number of aromatic nitrogens is 1. The van der Waals surface area contributed by atoms with Gasteiger partial charge in [0.1, 0.15) is 0 Å². The van der Waals surface area contributed by atoms with Gasteiger partial charge in [-0.25, -0.2) is 9.78 Å². The molecule has 0 spiro atoms. The van der Waals surface area contributed by atoms with Gasteiger partial charge in [0.05, 0.1) is 6.61 Å². The number of hydrogen-bond acceptors (Lipinski definition) is 3. The van der Waals surface area contributed by atoms with Gasteiger partial charge in [0, 0.05) is 6.07 Å². The van der Waals surface area contributed by atoms with Gasteiger partial charge in [0.2, 0.25) is 5.88 Å². The summed E-state index contributed by atoms with van der Waals surface area (Å²) in [7, 11) is 0. The van der Waals surface area contributed by atoms with E-state index in [1.165, 1.54) is 32.1 Å². The average molecular weight is 249 g/mol. The third-order valence-corrected chi connectivity index (χ3v) is 3.47. The molecule has 0 saturated heterocycles. The van der Waals surface area contributed by atoms with Crippen LogP contribution in [0.15, 0.2) is 12.1 Å². The van der Waals surface area contributed by atoms with Crippen molar-refractivity contribution in [1.29, 1.82) is 0 Å². The van der Waals surface area contributed by atoms with Crippen LogP contribution in [0.25, 0.3) is 0 Å². The van der Waals surface area contributed by atoms with Gasteiger partial charge in [-0.1, -0.05) is 25.3 Å². The number of carboxylic acids is 1. The molecule has 4 heteroatoms.